The van der Waals surface area contributed by atoms with E-state index in [1.807, 2.05) is 49.4 Å². The van der Waals surface area contributed by atoms with Crippen LogP contribution in [0, 0.1) is 0 Å². The van der Waals surface area contributed by atoms with Crippen molar-refractivity contribution in [3.8, 4) is 5.75 Å². The summed E-state index contributed by atoms with van der Waals surface area (Å²) < 4.78 is 6.11. The van der Waals surface area contributed by atoms with Crippen molar-refractivity contribution in [2.45, 2.75) is 45.4 Å². The number of amides is 1. The molecule has 29 heavy (non-hydrogen) atoms. The summed E-state index contributed by atoms with van der Waals surface area (Å²) in [4.78, 5) is 16.3. The molecule has 0 aliphatic carbocycles. The predicted octanol–water partition coefficient (Wildman–Crippen LogP) is 3.40. The van der Waals surface area contributed by atoms with Gasteiger partial charge < -0.3 is 20.7 Å². The van der Waals surface area contributed by atoms with Gasteiger partial charge in [-0.05, 0) is 44.5 Å². The Balaban J connectivity index is 1.63. The van der Waals surface area contributed by atoms with Crippen molar-refractivity contribution in [3.05, 3.63) is 65.2 Å². The van der Waals surface area contributed by atoms with Crippen molar-refractivity contribution in [1.29, 1.82) is 0 Å². The molecule has 0 aromatic heterocycles. The zero-order valence-corrected chi connectivity index (χ0v) is 17.6. The number of para-hydroxylation sites is 1. The molecule has 0 bridgehead atoms. The summed E-state index contributed by atoms with van der Waals surface area (Å²) in [5.41, 5.74) is 2.63. The minimum absolute atomic E-state index is 0.0507. The summed E-state index contributed by atoms with van der Waals surface area (Å²) in [5.74, 6) is 1.60. The first kappa shape index (κ1) is 20.7. The number of carbonyl (C=O) groups excluding carboxylic acids is 1. The second kappa shape index (κ2) is 8.99. The molecule has 1 aliphatic heterocycles. The van der Waals surface area contributed by atoms with Crippen LogP contribution in [0.2, 0.25) is 0 Å². The lowest BCUT2D eigenvalue weighted by atomic mass is 9.90. The van der Waals surface area contributed by atoms with Gasteiger partial charge in [-0.3, -0.25) is 9.79 Å². The lowest BCUT2D eigenvalue weighted by Gasteiger charge is -2.38. The van der Waals surface area contributed by atoms with E-state index < -0.39 is 0 Å². The van der Waals surface area contributed by atoms with Crippen molar-refractivity contribution >= 4 is 11.9 Å². The smallest absolute Gasteiger partial charge is 0.251 e. The van der Waals surface area contributed by atoms with Crippen LogP contribution in [0.4, 0.5) is 0 Å². The van der Waals surface area contributed by atoms with Gasteiger partial charge in [0.2, 0.25) is 0 Å². The van der Waals surface area contributed by atoms with Crippen molar-refractivity contribution < 1.29 is 9.53 Å². The standard InChI is InChI=1S/C23H30N4O2/c1-5-25-21(28)17-12-10-16(11-13-17)15-26-22(24-4)27-19-14-23(2,3)29-20-9-7-6-8-18(19)20/h6-13,19H,5,14-15H2,1-4H3,(H,25,28)(H2,24,26,27). The molecule has 0 radical (unpaired) electrons. The highest BCUT2D eigenvalue weighted by atomic mass is 16.5. The predicted molar refractivity (Wildman–Crippen MR) is 116 cm³/mol. The van der Waals surface area contributed by atoms with Gasteiger partial charge in [0.05, 0.1) is 6.04 Å². The van der Waals surface area contributed by atoms with E-state index in [9.17, 15) is 4.79 Å². The van der Waals surface area contributed by atoms with E-state index in [-0.39, 0.29) is 17.6 Å². The second-order valence-corrected chi connectivity index (χ2v) is 7.78. The molecule has 0 spiro atoms. The van der Waals surface area contributed by atoms with Crippen LogP contribution in [0.1, 0.15) is 54.7 Å². The monoisotopic (exact) mass is 394 g/mol. The maximum atomic E-state index is 11.9. The lowest BCUT2D eigenvalue weighted by Crippen LogP contribution is -2.45. The van der Waals surface area contributed by atoms with Gasteiger partial charge in [0.25, 0.3) is 5.91 Å². The summed E-state index contributed by atoms with van der Waals surface area (Å²) in [6.45, 7) is 7.35. The number of carbonyl (C=O) groups is 1. The normalized spacial score (nSPS) is 17.7. The van der Waals surface area contributed by atoms with Gasteiger partial charge in [-0.25, -0.2) is 0 Å². The van der Waals surface area contributed by atoms with Crippen molar-refractivity contribution in [1.82, 2.24) is 16.0 Å². The van der Waals surface area contributed by atoms with Gasteiger partial charge in [0, 0.05) is 37.7 Å². The zero-order valence-electron chi connectivity index (χ0n) is 17.6. The molecule has 6 nitrogen and oxygen atoms in total. The molecule has 0 saturated carbocycles. The van der Waals surface area contributed by atoms with Crippen LogP contribution < -0.4 is 20.7 Å². The maximum Gasteiger partial charge on any atom is 0.251 e. The number of hydrogen-bond donors (Lipinski definition) is 3. The third-order valence-electron chi connectivity index (χ3n) is 4.92. The molecule has 1 heterocycles. The first-order chi connectivity index (χ1) is 13.9. The molecule has 6 heteroatoms. The Kier molecular flexibility index (Phi) is 6.42. The van der Waals surface area contributed by atoms with E-state index in [1.165, 1.54) is 0 Å². The van der Waals surface area contributed by atoms with Crippen LogP contribution in [-0.4, -0.2) is 31.1 Å². The largest absolute Gasteiger partial charge is 0.487 e. The number of rotatable bonds is 5. The van der Waals surface area contributed by atoms with Gasteiger partial charge in [-0.2, -0.15) is 0 Å². The minimum atomic E-state index is -0.250. The Hall–Kier alpha value is -3.02. The number of nitrogens with one attached hydrogen (secondary N) is 3. The number of ether oxygens (including phenoxy) is 1. The summed E-state index contributed by atoms with van der Waals surface area (Å²) in [6.07, 6.45) is 0.839. The Bertz CT molecular complexity index is 875. The van der Waals surface area contributed by atoms with Crippen molar-refractivity contribution in [2.75, 3.05) is 13.6 Å². The molecule has 0 fully saturated rings. The summed E-state index contributed by atoms with van der Waals surface area (Å²) in [7, 11) is 1.77. The molecule has 1 amide bonds. The highest BCUT2D eigenvalue weighted by Crippen LogP contribution is 2.39. The average Bonchev–Trinajstić information content (AvgIpc) is 2.70. The van der Waals surface area contributed by atoms with Crippen LogP contribution in [0.25, 0.3) is 0 Å². The number of hydrogen-bond acceptors (Lipinski definition) is 3. The number of benzene rings is 2. The Morgan fingerprint density at radius 1 is 1.14 bits per heavy atom. The second-order valence-electron chi connectivity index (χ2n) is 7.78. The summed E-state index contributed by atoms with van der Waals surface area (Å²) in [6, 6.07) is 15.8. The van der Waals surface area contributed by atoms with Crippen molar-refractivity contribution in [2.24, 2.45) is 4.99 Å². The number of guanidine groups is 1. The molecule has 3 rings (SSSR count). The molecule has 154 valence electrons. The molecular formula is C23H30N4O2. The zero-order chi connectivity index (χ0) is 20.9. The fraction of sp³-hybridized carbons (Fsp3) is 0.391. The van der Waals surface area contributed by atoms with Gasteiger partial charge in [0.15, 0.2) is 5.96 Å². The molecule has 1 unspecified atom stereocenters. The molecule has 1 atom stereocenters. The molecule has 3 N–H and O–H groups in total. The highest BCUT2D eigenvalue weighted by molar-refractivity contribution is 5.94. The molecule has 0 saturated heterocycles. The van der Waals surface area contributed by atoms with E-state index in [0.717, 1.165) is 29.3 Å². The first-order valence-corrected chi connectivity index (χ1v) is 10.0. The van der Waals surface area contributed by atoms with Crippen LogP contribution in [0.3, 0.4) is 0 Å². The third-order valence-corrected chi connectivity index (χ3v) is 4.92. The van der Waals surface area contributed by atoms with E-state index >= 15 is 0 Å². The van der Waals surface area contributed by atoms with E-state index in [0.29, 0.717) is 18.7 Å². The van der Waals surface area contributed by atoms with E-state index in [2.05, 4.69) is 40.9 Å². The molecule has 1 aliphatic rings. The fourth-order valence-electron chi connectivity index (χ4n) is 3.51. The van der Waals surface area contributed by atoms with Crippen LogP contribution in [-0.2, 0) is 6.54 Å². The SMILES string of the molecule is CCNC(=O)c1ccc(CNC(=NC)NC2CC(C)(C)Oc3ccccc32)cc1. The van der Waals surface area contributed by atoms with Gasteiger partial charge in [0.1, 0.15) is 11.4 Å². The molecule has 2 aromatic carbocycles. The van der Waals surface area contributed by atoms with E-state index in [1.54, 1.807) is 7.05 Å². The van der Waals surface area contributed by atoms with Crippen LogP contribution >= 0.6 is 0 Å². The Morgan fingerprint density at radius 2 is 1.86 bits per heavy atom. The maximum absolute atomic E-state index is 11.9. The molecular weight excluding hydrogens is 364 g/mol. The summed E-state index contributed by atoms with van der Waals surface area (Å²) in [5, 5.41) is 9.70. The number of nitrogens with zero attached hydrogens (tertiary/aromatic N) is 1. The highest BCUT2D eigenvalue weighted by Gasteiger charge is 2.33. The molecule has 2 aromatic rings. The quantitative estimate of drug-likeness (QED) is 0.537. The summed E-state index contributed by atoms with van der Waals surface area (Å²) >= 11 is 0. The first-order valence-electron chi connectivity index (χ1n) is 10.0. The Labute approximate surface area is 172 Å². The van der Waals surface area contributed by atoms with Gasteiger partial charge in [-0.15, -0.1) is 0 Å². The van der Waals surface area contributed by atoms with Crippen molar-refractivity contribution in [3.63, 3.8) is 0 Å². The lowest BCUT2D eigenvalue weighted by molar-refractivity contribution is 0.0694. The third kappa shape index (κ3) is 5.28. The topological polar surface area (TPSA) is 74.8 Å². The number of fused-ring (bicyclic) bond motifs is 1. The van der Waals surface area contributed by atoms with E-state index in [4.69, 9.17) is 4.74 Å². The Morgan fingerprint density at radius 3 is 2.55 bits per heavy atom. The number of aliphatic imine (C=N–C) groups is 1. The van der Waals surface area contributed by atoms with Crippen LogP contribution in [0.15, 0.2) is 53.5 Å². The average molecular weight is 395 g/mol. The van der Waals surface area contributed by atoms with Gasteiger partial charge in [-0.1, -0.05) is 30.3 Å². The fourth-order valence-corrected chi connectivity index (χ4v) is 3.51. The van der Waals surface area contributed by atoms with Crippen LogP contribution in [0.5, 0.6) is 5.75 Å². The minimum Gasteiger partial charge on any atom is -0.487 e. The van der Waals surface area contributed by atoms with Gasteiger partial charge >= 0.3 is 0 Å².